The first-order chi connectivity index (χ1) is 22.3. The fraction of sp³-hybridized carbons (Fsp3) is 0. The smallest absolute Gasteiger partial charge is 0.180 e. The average Bonchev–Trinajstić information content (AvgIpc) is 3.78. The van der Waals surface area contributed by atoms with Crippen molar-refractivity contribution in [2.75, 3.05) is 0 Å². The van der Waals surface area contributed by atoms with Gasteiger partial charge in [-0.3, -0.25) is 0 Å². The van der Waals surface area contributed by atoms with Crippen molar-refractivity contribution < 1.29 is 4.42 Å². The zero-order valence-electron chi connectivity index (χ0n) is 23.9. The highest BCUT2D eigenvalue weighted by atomic mass is 32.1. The number of hydrogen-bond donors (Lipinski definition) is 0. The van der Waals surface area contributed by atoms with Crippen molar-refractivity contribution >= 4 is 75.4 Å². The molecular weight excluding hydrogens is 571 g/mol. The maximum atomic E-state index is 6.39. The summed E-state index contributed by atoms with van der Waals surface area (Å²) in [4.78, 5) is 10.1. The molecule has 0 amide bonds. The standard InChI is InChI=1S/C40H23N3OS/c1-2-10-25(11-3-1)40-41-37(39-38(42-40)28-13-5-8-16-32(28)44-39)24-18-20-26(21-19-24)43-30-15-7-4-12-27(30)35-31(43)22-23-34-36(35)29-14-6-9-17-33(29)45-34/h1-23H. The SMILES string of the molecule is c1ccc(-c2nc(-c3ccc(-n4c5ccccc5c5c6c(ccc54)sc4ccccc46)cc3)c3oc4ccccc4c3n2)cc1. The second kappa shape index (κ2) is 9.36. The Kier molecular flexibility index (Phi) is 5.12. The van der Waals surface area contributed by atoms with Crippen molar-refractivity contribution in [2.24, 2.45) is 0 Å². The van der Waals surface area contributed by atoms with E-state index in [1.54, 1.807) is 0 Å². The van der Waals surface area contributed by atoms with Crippen LogP contribution in [0.1, 0.15) is 0 Å². The van der Waals surface area contributed by atoms with Crippen molar-refractivity contribution in [1.82, 2.24) is 14.5 Å². The second-order valence-electron chi connectivity index (χ2n) is 11.4. The molecule has 0 atom stereocenters. The molecule has 0 aliphatic heterocycles. The van der Waals surface area contributed by atoms with Gasteiger partial charge in [0.05, 0.1) is 11.0 Å². The zero-order valence-corrected chi connectivity index (χ0v) is 24.8. The lowest BCUT2D eigenvalue weighted by Crippen LogP contribution is -1.96. The summed E-state index contributed by atoms with van der Waals surface area (Å²) in [6, 6.07) is 48.9. The van der Waals surface area contributed by atoms with E-state index in [4.69, 9.17) is 14.4 Å². The molecule has 4 nitrogen and oxygen atoms in total. The molecule has 10 aromatic rings. The van der Waals surface area contributed by atoms with Crippen LogP contribution in [0.5, 0.6) is 0 Å². The number of para-hydroxylation sites is 2. The molecule has 4 heterocycles. The maximum Gasteiger partial charge on any atom is 0.180 e. The third-order valence-electron chi connectivity index (χ3n) is 8.83. The lowest BCUT2D eigenvalue weighted by molar-refractivity contribution is 0.667. The van der Waals surface area contributed by atoms with Crippen LogP contribution in [-0.4, -0.2) is 14.5 Å². The molecule has 0 spiro atoms. The fourth-order valence-electron chi connectivity index (χ4n) is 6.82. The molecule has 0 bridgehead atoms. The molecule has 0 aliphatic carbocycles. The van der Waals surface area contributed by atoms with Crippen LogP contribution in [0.15, 0.2) is 144 Å². The van der Waals surface area contributed by atoms with Gasteiger partial charge in [0.1, 0.15) is 16.8 Å². The average molecular weight is 594 g/mol. The van der Waals surface area contributed by atoms with E-state index in [-0.39, 0.29) is 0 Å². The van der Waals surface area contributed by atoms with Gasteiger partial charge in [0.15, 0.2) is 11.4 Å². The maximum absolute atomic E-state index is 6.39. The summed E-state index contributed by atoms with van der Waals surface area (Å²) >= 11 is 1.86. The fourth-order valence-corrected chi connectivity index (χ4v) is 7.94. The molecule has 0 radical (unpaired) electrons. The molecular formula is C40H23N3OS. The lowest BCUT2D eigenvalue weighted by Gasteiger charge is -2.10. The van der Waals surface area contributed by atoms with E-state index in [0.717, 1.165) is 39.0 Å². The minimum absolute atomic E-state index is 0.683. The van der Waals surface area contributed by atoms with Gasteiger partial charge in [-0.05, 0) is 48.5 Å². The highest BCUT2D eigenvalue weighted by Crippen LogP contribution is 2.43. The molecule has 0 fully saturated rings. The van der Waals surface area contributed by atoms with Crippen LogP contribution in [0, 0.1) is 0 Å². The van der Waals surface area contributed by atoms with E-state index >= 15 is 0 Å². The predicted octanol–water partition coefficient (Wildman–Crippen LogP) is 11.2. The van der Waals surface area contributed by atoms with Crippen LogP contribution >= 0.6 is 11.3 Å². The van der Waals surface area contributed by atoms with E-state index in [1.807, 2.05) is 59.9 Å². The Morgan fingerprint density at radius 3 is 2.11 bits per heavy atom. The summed E-state index contributed by atoms with van der Waals surface area (Å²) in [6.07, 6.45) is 0. The van der Waals surface area contributed by atoms with Gasteiger partial charge in [0, 0.05) is 53.1 Å². The van der Waals surface area contributed by atoms with Gasteiger partial charge in [0.25, 0.3) is 0 Å². The number of rotatable bonds is 3. The molecule has 0 aliphatic rings. The van der Waals surface area contributed by atoms with E-state index < -0.39 is 0 Å². The van der Waals surface area contributed by atoms with E-state index in [9.17, 15) is 0 Å². The molecule has 45 heavy (non-hydrogen) atoms. The van der Waals surface area contributed by atoms with Crippen LogP contribution in [0.4, 0.5) is 0 Å². The van der Waals surface area contributed by atoms with Crippen molar-refractivity contribution in [3.63, 3.8) is 0 Å². The van der Waals surface area contributed by atoms with Gasteiger partial charge in [-0.1, -0.05) is 91.0 Å². The number of hydrogen-bond acceptors (Lipinski definition) is 4. The van der Waals surface area contributed by atoms with E-state index in [1.165, 1.54) is 42.0 Å². The van der Waals surface area contributed by atoms with Gasteiger partial charge in [-0.15, -0.1) is 11.3 Å². The number of furan rings is 1. The van der Waals surface area contributed by atoms with Gasteiger partial charge < -0.3 is 8.98 Å². The van der Waals surface area contributed by atoms with Gasteiger partial charge in [0.2, 0.25) is 0 Å². The number of aromatic nitrogens is 3. The lowest BCUT2D eigenvalue weighted by atomic mass is 10.1. The zero-order chi connectivity index (χ0) is 29.5. The van der Waals surface area contributed by atoms with Gasteiger partial charge in [-0.2, -0.15) is 0 Å². The van der Waals surface area contributed by atoms with Crippen LogP contribution in [0.3, 0.4) is 0 Å². The topological polar surface area (TPSA) is 43.9 Å². The number of benzene rings is 6. The molecule has 4 aromatic heterocycles. The molecule has 0 saturated heterocycles. The third-order valence-corrected chi connectivity index (χ3v) is 9.96. The predicted molar refractivity (Wildman–Crippen MR) is 187 cm³/mol. The van der Waals surface area contributed by atoms with Crippen molar-refractivity contribution in [2.45, 2.75) is 0 Å². The minimum atomic E-state index is 0.683. The van der Waals surface area contributed by atoms with Crippen molar-refractivity contribution in [1.29, 1.82) is 0 Å². The number of nitrogens with zero attached hydrogens (tertiary/aromatic N) is 3. The number of fused-ring (bicyclic) bond motifs is 10. The summed E-state index contributed by atoms with van der Waals surface area (Å²) in [5.74, 6) is 0.683. The first-order valence-corrected chi connectivity index (χ1v) is 15.8. The van der Waals surface area contributed by atoms with Crippen molar-refractivity contribution in [3.05, 3.63) is 140 Å². The second-order valence-corrected chi connectivity index (χ2v) is 12.5. The summed E-state index contributed by atoms with van der Waals surface area (Å²) < 4.78 is 11.4. The summed E-state index contributed by atoms with van der Waals surface area (Å²) in [5.41, 5.74) is 8.57. The quantitative estimate of drug-likeness (QED) is 0.205. The number of thiophene rings is 1. The minimum Gasteiger partial charge on any atom is -0.452 e. The highest BCUT2D eigenvalue weighted by molar-refractivity contribution is 7.26. The first-order valence-electron chi connectivity index (χ1n) is 15.0. The summed E-state index contributed by atoms with van der Waals surface area (Å²) in [5, 5.41) is 6.20. The Hall–Kier alpha value is -5.78. The Balaban J connectivity index is 1.20. The highest BCUT2D eigenvalue weighted by Gasteiger charge is 2.20. The summed E-state index contributed by atoms with van der Waals surface area (Å²) in [7, 11) is 0. The van der Waals surface area contributed by atoms with Crippen LogP contribution in [0.25, 0.3) is 92.4 Å². The molecule has 0 unspecified atom stereocenters. The van der Waals surface area contributed by atoms with Crippen molar-refractivity contribution in [3.8, 4) is 28.3 Å². The third kappa shape index (κ3) is 3.59. The van der Waals surface area contributed by atoms with Gasteiger partial charge in [-0.25, -0.2) is 9.97 Å². The van der Waals surface area contributed by atoms with Crippen LogP contribution in [0.2, 0.25) is 0 Å². The molecule has 0 saturated carbocycles. The van der Waals surface area contributed by atoms with Crippen LogP contribution < -0.4 is 0 Å². The van der Waals surface area contributed by atoms with E-state index in [2.05, 4.69) is 95.6 Å². The molecule has 10 rings (SSSR count). The molecule has 6 aromatic carbocycles. The normalized spacial score (nSPS) is 12.0. The summed E-state index contributed by atoms with van der Waals surface area (Å²) in [6.45, 7) is 0. The monoisotopic (exact) mass is 593 g/mol. The Morgan fingerprint density at radius 2 is 1.24 bits per heavy atom. The molecule has 210 valence electrons. The van der Waals surface area contributed by atoms with Gasteiger partial charge >= 0.3 is 0 Å². The Morgan fingerprint density at radius 1 is 0.511 bits per heavy atom. The molecule has 0 N–H and O–H groups in total. The largest absolute Gasteiger partial charge is 0.452 e. The van der Waals surface area contributed by atoms with E-state index in [0.29, 0.717) is 11.4 Å². The molecule has 5 heteroatoms. The Bertz CT molecular complexity index is 2750. The first kappa shape index (κ1) is 24.6. The Labute approximate surface area is 261 Å². The van der Waals surface area contributed by atoms with Crippen LogP contribution in [-0.2, 0) is 0 Å².